The second-order valence-corrected chi connectivity index (χ2v) is 2.50. The molecule has 0 amide bonds. The number of carbonyl (C=O) groups is 1. The van der Waals surface area contributed by atoms with Gasteiger partial charge in [0.15, 0.2) is 0 Å². The first-order chi connectivity index (χ1) is 4.34. The standard InChI is InChI=1S/C7H12O2.HI/c1-9-7(8)6-4-2-3-5-6;/h6H,2-5H2,1H3;1H. The van der Waals surface area contributed by atoms with Crippen molar-refractivity contribution in [1.29, 1.82) is 0 Å². The summed E-state index contributed by atoms with van der Waals surface area (Å²) in [7, 11) is 1.46. The molecule has 0 saturated heterocycles. The average Bonchev–Trinajstić information content (AvgIpc) is 2.37. The molecule has 0 atom stereocenters. The molecule has 0 bridgehead atoms. The van der Waals surface area contributed by atoms with Crippen LogP contribution in [0.3, 0.4) is 0 Å². The Morgan fingerprint density at radius 2 is 1.90 bits per heavy atom. The minimum atomic E-state index is -0.0208. The minimum Gasteiger partial charge on any atom is -0.469 e. The van der Waals surface area contributed by atoms with E-state index in [0.29, 0.717) is 0 Å². The number of esters is 1. The van der Waals surface area contributed by atoms with E-state index in [9.17, 15) is 4.79 Å². The van der Waals surface area contributed by atoms with Crippen molar-refractivity contribution in [2.75, 3.05) is 7.11 Å². The molecule has 60 valence electrons. The maximum absolute atomic E-state index is 10.8. The van der Waals surface area contributed by atoms with Crippen LogP contribution in [0, 0.1) is 5.92 Å². The molecule has 0 radical (unpaired) electrons. The van der Waals surface area contributed by atoms with Gasteiger partial charge >= 0.3 is 5.97 Å². The number of rotatable bonds is 1. The lowest BCUT2D eigenvalue weighted by molar-refractivity contribution is -0.145. The fourth-order valence-corrected chi connectivity index (χ4v) is 1.33. The lowest BCUT2D eigenvalue weighted by atomic mass is 10.1. The highest BCUT2D eigenvalue weighted by Crippen LogP contribution is 2.25. The first-order valence-corrected chi connectivity index (χ1v) is 3.42. The van der Waals surface area contributed by atoms with Gasteiger partial charge in [0.25, 0.3) is 0 Å². The van der Waals surface area contributed by atoms with Gasteiger partial charge in [-0.3, -0.25) is 4.79 Å². The summed E-state index contributed by atoms with van der Waals surface area (Å²) < 4.78 is 4.60. The van der Waals surface area contributed by atoms with Crippen LogP contribution in [-0.4, -0.2) is 13.1 Å². The molecule has 0 heterocycles. The van der Waals surface area contributed by atoms with Crippen molar-refractivity contribution >= 4 is 29.9 Å². The van der Waals surface area contributed by atoms with Gasteiger partial charge in [0, 0.05) is 0 Å². The van der Waals surface area contributed by atoms with Gasteiger partial charge in [0.05, 0.1) is 13.0 Å². The average molecular weight is 256 g/mol. The van der Waals surface area contributed by atoms with Gasteiger partial charge < -0.3 is 4.74 Å². The lowest BCUT2D eigenvalue weighted by Gasteiger charge is -2.03. The van der Waals surface area contributed by atoms with E-state index in [-0.39, 0.29) is 35.9 Å². The van der Waals surface area contributed by atoms with Crippen LogP contribution < -0.4 is 0 Å². The van der Waals surface area contributed by atoms with Crippen LogP contribution in [0.2, 0.25) is 0 Å². The second kappa shape index (κ2) is 4.93. The smallest absolute Gasteiger partial charge is 0.308 e. The number of hydrogen-bond acceptors (Lipinski definition) is 2. The summed E-state index contributed by atoms with van der Waals surface area (Å²) in [6, 6.07) is 0. The Hall–Kier alpha value is 0.200. The zero-order chi connectivity index (χ0) is 6.69. The predicted molar refractivity (Wildman–Crippen MR) is 49.4 cm³/mol. The van der Waals surface area contributed by atoms with Crippen LogP contribution in [0.1, 0.15) is 25.7 Å². The van der Waals surface area contributed by atoms with Crippen LogP contribution in [0.4, 0.5) is 0 Å². The fraction of sp³-hybridized carbons (Fsp3) is 0.857. The molecule has 0 spiro atoms. The summed E-state index contributed by atoms with van der Waals surface area (Å²) in [5.74, 6) is 0.197. The topological polar surface area (TPSA) is 26.3 Å². The number of halogens is 1. The normalized spacial score (nSPS) is 18.1. The molecule has 0 aromatic carbocycles. The zero-order valence-electron chi connectivity index (χ0n) is 6.13. The van der Waals surface area contributed by atoms with E-state index in [2.05, 4.69) is 4.74 Å². The van der Waals surface area contributed by atoms with E-state index < -0.39 is 0 Å². The van der Waals surface area contributed by atoms with Crippen LogP contribution >= 0.6 is 24.0 Å². The minimum absolute atomic E-state index is 0. The monoisotopic (exact) mass is 256 g/mol. The zero-order valence-corrected chi connectivity index (χ0v) is 8.46. The fourth-order valence-electron chi connectivity index (χ4n) is 1.33. The van der Waals surface area contributed by atoms with E-state index >= 15 is 0 Å². The Morgan fingerprint density at radius 3 is 2.30 bits per heavy atom. The Bertz CT molecular complexity index is 108. The molecule has 1 aliphatic carbocycles. The maximum Gasteiger partial charge on any atom is 0.308 e. The Labute approximate surface area is 78.3 Å². The number of methoxy groups -OCH3 is 1. The van der Waals surface area contributed by atoms with Crippen molar-refractivity contribution in [1.82, 2.24) is 0 Å². The van der Waals surface area contributed by atoms with Crippen LogP contribution in [0.15, 0.2) is 0 Å². The van der Waals surface area contributed by atoms with Gasteiger partial charge in [-0.05, 0) is 12.8 Å². The highest BCUT2D eigenvalue weighted by atomic mass is 127. The lowest BCUT2D eigenvalue weighted by Crippen LogP contribution is -2.11. The Morgan fingerprint density at radius 1 is 1.40 bits per heavy atom. The quantitative estimate of drug-likeness (QED) is 0.529. The highest BCUT2D eigenvalue weighted by molar-refractivity contribution is 14.0. The SMILES string of the molecule is COC(=O)C1CCCC1.I. The van der Waals surface area contributed by atoms with E-state index in [1.165, 1.54) is 20.0 Å². The predicted octanol–water partition coefficient (Wildman–Crippen LogP) is 1.97. The third-order valence-corrected chi connectivity index (χ3v) is 1.89. The molecule has 1 aliphatic rings. The first kappa shape index (κ1) is 10.2. The Kier molecular flexibility index (Phi) is 5.03. The number of carbonyl (C=O) groups excluding carboxylic acids is 1. The summed E-state index contributed by atoms with van der Waals surface area (Å²) in [5.41, 5.74) is 0. The molecule has 2 nitrogen and oxygen atoms in total. The molecule has 1 rings (SSSR count). The maximum atomic E-state index is 10.8. The largest absolute Gasteiger partial charge is 0.469 e. The molecule has 0 aliphatic heterocycles. The highest BCUT2D eigenvalue weighted by Gasteiger charge is 2.22. The summed E-state index contributed by atoms with van der Waals surface area (Å²) >= 11 is 0. The van der Waals surface area contributed by atoms with E-state index in [1.54, 1.807) is 0 Å². The van der Waals surface area contributed by atoms with Gasteiger partial charge in [-0.15, -0.1) is 24.0 Å². The van der Waals surface area contributed by atoms with Gasteiger partial charge in [-0.1, -0.05) is 12.8 Å². The Balaban J connectivity index is 0.000000810. The van der Waals surface area contributed by atoms with E-state index in [0.717, 1.165) is 12.8 Å². The van der Waals surface area contributed by atoms with E-state index in [1.807, 2.05) is 0 Å². The van der Waals surface area contributed by atoms with Crippen molar-refractivity contribution in [3.63, 3.8) is 0 Å². The molecule has 0 aromatic heterocycles. The van der Waals surface area contributed by atoms with Crippen molar-refractivity contribution in [2.24, 2.45) is 5.92 Å². The summed E-state index contributed by atoms with van der Waals surface area (Å²) in [6.45, 7) is 0. The molecule has 0 N–H and O–H groups in total. The van der Waals surface area contributed by atoms with Crippen molar-refractivity contribution in [3.8, 4) is 0 Å². The molecule has 1 fully saturated rings. The van der Waals surface area contributed by atoms with Crippen LogP contribution in [0.25, 0.3) is 0 Å². The van der Waals surface area contributed by atoms with Gasteiger partial charge in [0.2, 0.25) is 0 Å². The van der Waals surface area contributed by atoms with Crippen molar-refractivity contribution < 1.29 is 9.53 Å². The molecule has 0 unspecified atom stereocenters. The summed E-state index contributed by atoms with van der Waals surface area (Å²) in [4.78, 5) is 10.8. The summed E-state index contributed by atoms with van der Waals surface area (Å²) in [6.07, 6.45) is 4.46. The molecule has 10 heavy (non-hydrogen) atoms. The molecule has 0 aromatic rings. The van der Waals surface area contributed by atoms with Crippen LogP contribution in [-0.2, 0) is 9.53 Å². The number of ether oxygens (including phenoxy) is 1. The first-order valence-electron chi connectivity index (χ1n) is 3.42. The van der Waals surface area contributed by atoms with Gasteiger partial charge in [0.1, 0.15) is 0 Å². The molecule has 1 saturated carbocycles. The number of hydrogen-bond donors (Lipinski definition) is 0. The second-order valence-electron chi connectivity index (χ2n) is 2.50. The van der Waals surface area contributed by atoms with Gasteiger partial charge in [-0.25, -0.2) is 0 Å². The summed E-state index contributed by atoms with van der Waals surface area (Å²) in [5, 5.41) is 0. The van der Waals surface area contributed by atoms with Crippen LogP contribution in [0.5, 0.6) is 0 Å². The van der Waals surface area contributed by atoms with E-state index in [4.69, 9.17) is 0 Å². The van der Waals surface area contributed by atoms with Crippen molar-refractivity contribution in [2.45, 2.75) is 25.7 Å². The third-order valence-electron chi connectivity index (χ3n) is 1.89. The third kappa shape index (κ3) is 2.44. The molecular weight excluding hydrogens is 243 g/mol. The van der Waals surface area contributed by atoms with Gasteiger partial charge in [-0.2, -0.15) is 0 Å². The molecule has 3 heteroatoms. The van der Waals surface area contributed by atoms with Crippen molar-refractivity contribution in [3.05, 3.63) is 0 Å². The molecular formula is C7H13IO2.